The molecule has 0 atom stereocenters. The Balaban J connectivity index is -0.000000318. The first kappa shape index (κ1) is 44.2. The smallest absolute Gasteiger partial charge is 0.407 e. The van der Waals surface area contributed by atoms with Crippen LogP contribution in [0.25, 0.3) is 0 Å². The van der Waals surface area contributed by atoms with Gasteiger partial charge in [-0.05, 0) is 53.0 Å². The molecule has 1 amide bonds. The molecule has 236 valence electrons. The standard InChI is InChI=1S/C17H33NO4.C12H25NO2.2CH4/c1-17(2,3)22-16(21)18-14-12-10-8-6-4-5-7-9-11-13-15(19)20;13-11-9-7-5-3-1-2-4-6-8-10-12(14)15;;/h4-14H2,1-3H3,(H,18,21)(H,19,20);1-11,13H2,(H,14,15);2*1H4. The van der Waals surface area contributed by atoms with Crippen molar-refractivity contribution in [3.05, 3.63) is 0 Å². The van der Waals surface area contributed by atoms with Crippen LogP contribution < -0.4 is 11.1 Å². The number of carboxylic acid groups (broad SMARTS) is 2. The van der Waals surface area contributed by atoms with Crippen molar-refractivity contribution in [1.82, 2.24) is 5.32 Å². The van der Waals surface area contributed by atoms with Crippen LogP contribution in [0, 0.1) is 0 Å². The van der Waals surface area contributed by atoms with Crippen LogP contribution >= 0.6 is 0 Å². The molecule has 0 aromatic heterocycles. The highest BCUT2D eigenvalue weighted by Crippen LogP contribution is 2.11. The summed E-state index contributed by atoms with van der Waals surface area (Å²) in [7, 11) is 0. The molecule has 39 heavy (non-hydrogen) atoms. The van der Waals surface area contributed by atoms with Gasteiger partial charge in [0.05, 0.1) is 0 Å². The van der Waals surface area contributed by atoms with Crippen LogP contribution in [0.5, 0.6) is 0 Å². The Labute approximate surface area is 241 Å². The Hall–Kier alpha value is -1.83. The van der Waals surface area contributed by atoms with Crippen LogP contribution in [-0.2, 0) is 14.3 Å². The molecule has 0 unspecified atom stereocenters. The summed E-state index contributed by atoms with van der Waals surface area (Å²) >= 11 is 0. The third kappa shape index (κ3) is 46.4. The van der Waals surface area contributed by atoms with Crippen molar-refractivity contribution in [2.45, 2.75) is 170 Å². The van der Waals surface area contributed by atoms with Gasteiger partial charge in [-0.15, -0.1) is 0 Å². The molecule has 0 saturated heterocycles. The topological polar surface area (TPSA) is 139 Å². The van der Waals surface area contributed by atoms with Gasteiger partial charge in [0.2, 0.25) is 0 Å². The number of rotatable bonds is 23. The number of carboxylic acids is 2. The SMILES string of the molecule is C.C.CC(C)(C)OC(=O)NCCCCCCCCCCCC(=O)O.NCCCCCCCCCCCC(=O)O. The predicted octanol–water partition coefficient (Wildman–Crippen LogP) is 8.70. The quantitative estimate of drug-likeness (QED) is 0.0913. The maximum Gasteiger partial charge on any atom is 0.407 e. The minimum Gasteiger partial charge on any atom is -0.481 e. The van der Waals surface area contributed by atoms with E-state index in [-0.39, 0.29) is 20.9 Å². The second kappa shape index (κ2) is 32.4. The van der Waals surface area contributed by atoms with Gasteiger partial charge in [-0.3, -0.25) is 9.59 Å². The molecule has 0 bridgehead atoms. The van der Waals surface area contributed by atoms with Gasteiger partial charge in [0, 0.05) is 19.4 Å². The Kier molecular flexibility index (Phi) is 36.7. The van der Waals surface area contributed by atoms with Gasteiger partial charge >= 0.3 is 18.0 Å². The summed E-state index contributed by atoms with van der Waals surface area (Å²) in [6, 6.07) is 0. The van der Waals surface area contributed by atoms with Crippen molar-refractivity contribution in [3.63, 3.8) is 0 Å². The van der Waals surface area contributed by atoms with Gasteiger partial charge in [0.15, 0.2) is 0 Å². The monoisotopic (exact) mass is 562 g/mol. The van der Waals surface area contributed by atoms with Crippen molar-refractivity contribution in [3.8, 4) is 0 Å². The van der Waals surface area contributed by atoms with Gasteiger partial charge < -0.3 is 26.0 Å². The predicted molar refractivity (Wildman–Crippen MR) is 164 cm³/mol. The lowest BCUT2D eigenvalue weighted by Crippen LogP contribution is -2.32. The largest absolute Gasteiger partial charge is 0.481 e. The van der Waals surface area contributed by atoms with E-state index < -0.39 is 17.5 Å². The number of carbonyl (C=O) groups excluding carboxylic acids is 1. The number of unbranched alkanes of at least 4 members (excludes halogenated alkanes) is 16. The minimum absolute atomic E-state index is 0. The fourth-order valence-corrected chi connectivity index (χ4v) is 3.80. The van der Waals surface area contributed by atoms with E-state index in [1.54, 1.807) is 0 Å². The van der Waals surface area contributed by atoms with Gasteiger partial charge in [-0.25, -0.2) is 4.79 Å². The van der Waals surface area contributed by atoms with Crippen LogP contribution in [0.3, 0.4) is 0 Å². The van der Waals surface area contributed by atoms with Crippen LogP contribution in [0.15, 0.2) is 0 Å². The Morgan fingerprint density at radius 2 is 0.897 bits per heavy atom. The molecule has 0 aromatic carbocycles. The van der Waals surface area contributed by atoms with E-state index >= 15 is 0 Å². The lowest BCUT2D eigenvalue weighted by Gasteiger charge is -2.19. The fourth-order valence-electron chi connectivity index (χ4n) is 3.80. The number of nitrogens with two attached hydrogens (primary N) is 1. The summed E-state index contributed by atoms with van der Waals surface area (Å²) in [5.74, 6) is -1.36. The molecule has 8 nitrogen and oxygen atoms in total. The van der Waals surface area contributed by atoms with Gasteiger partial charge in [0.25, 0.3) is 0 Å². The van der Waals surface area contributed by atoms with Crippen LogP contribution in [0.4, 0.5) is 4.79 Å². The molecule has 0 aliphatic carbocycles. The number of amides is 1. The molecule has 0 radical (unpaired) electrons. The summed E-state index contributed by atoms with van der Waals surface area (Å²) < 4.78 is 5.16. The zero-order valence-electron chi connectivity index (χ0n) is 24.2. The maximum atomic E-state index is 11.4. The van der Waals surface area contributed by atoms with E-state index in [1.807, 2.05) is 20.8 Å². The van der Waals surface area contributed by atoms with Gasteiger partial charge in [0.1, 0.15) is 5.60 Å². The van der Waals surface area contributed by atoms with E-state index in [2.05, 4.69) is 5.32 Å². The van der Waals surface area contributed by atoms with Crippen molar-refractivity contribution >= 4 is 18.0 Å². The number of nitrogens with one attached hydrogen (secondary N) is 1. The highest BCUT2D eigenvalue weighted by molar-refractivity contribution is 5.67. The Morgan fingerprint density at radius 3 is 1.21 bits per heavy atom. The molecule has 0 aliphatic heterocycles. The summed E-state index contributed by atoms with van der Waals surface area (Å²) in [5, 5.41) is 19.7. The Bertz CT molecular complexity index is 550. The first-order valence-corrected chi connectivity index (χ1v) is 14.7. The van der Waals surface area contributed by atoms with E-state index in [4.69, 9.17) is 20.7 Å². The first-order chi connectivity index (χ1) is 17.6. The number of hydrogen-bond acceptors (Lipinski definition) is 5. The minimum atomic E-state index is -0.694. The average Bonchev–Trinajstić information content (AvgIpc) is 2.80. The number of alkyl carbamates (subject to hydrolysis) is 1. The highest BCUT2D eigenvalue weighted by Gasteiger charge is 2.15. The molecule has 0 spiro atoms. The molecule has 0 aliphatic rings. The zero-order chi connectivity index (χ0) is 28.2. The molecule has 0 rings (SSSR count). The zero-order valence-corrected chi connectivity index (χ0v) is 24.2. The highest BCUT2D eigenvalue weighted by atomic mass is 16.6. The van der Waals surface area contributed by atoms with E-state index in [0.29, 0.717) is 19.4 Å². The lowest BCUT2D eigenvalue weighted by molar-refractivity contribution is -0.138. The van der Waals surface area contributed by atoms with Gasteiger partial charge in [-0.2, -0.15) is 0 Å². The van der Waals surface area contributed by atoms with Gasteiger partial charge in [-0.1, -0.05) is 105 Å². The summed E-state index contributed by atoms with van der Waals surface area (Å²) in [6.45, 7) is 7.05. The number of ether oxygens (including phenoxy) is 1. The molecule has 0 heterocycles. The summed E-state index contributed by atoms with van der Waals surface area (Å²) in [4.78, 5) is 32.0. The van der Waals surface area contributed by atoms with Crippen LogP contribution in [0.2, 0.25) is 0 Å². The normalized spacial score (nSPS) is 10.4. The third-order valence-electron chi connectivity index (χ3n) is 5.83. The molecule has 8 heteroatoms. The summed E-state index contributed by atoms with van der Waals surface area (Å²) in [5.41, 5.74) is 4.96. The fraction of sp³-hybridized carbons (Fsp3) is 0.903. The summed E-state index contributed by atoms with van der Waals surface area (Å²) in [6.07, 6.45) is 20.8. The lowest BCUT2D eigenvalue weighted by atomic mass is 10.1. The molecular weight excluding hydrogens is 496 g/mol. The van der Waals surface area contributed by atoms with Crippen LogP contribution in [0.1, 0.15) is 164 Å². The number of carbonyl (C=O) groups is 3. The van der Waals surface area contributed by atoms with E-state index in [0.717, 1.165) is 57.9 Å². The van der Waals surface area contributed by atoms with E-state index in [1.165, 1.54) is 64.2 Å². The number of hydrogen-bond donors (Lipinski definition) is 4. The molecule has 0 aromatic rings. The van der Waals surface area contributed by atoms with E-state index in [9.17, 15) is 14.4 Å². The second-order valence-electron chi connectivity index (χ2n) is 10.9. The molecular formula is C31H66N2O6. The third-order valence-corrected chi connectivity index (χ3v) is 5.83. The van der Waals surface area contributed by atoms with Crippen molar-refractivity contribution in [2.24, 2.45) is 5.73 Å². The molecule has 5 N–H and O–H groups in total. The average molecular weight is 563 g/mol. The number of aliphatic carboxylic acids is 2. The first-order valence-electron chi connectivity index (χ1n) is 14.7. The second-order valence-corrected chi connectivity index (χ2v) is 10.9. The van der Waals surface area contributed by atoms with Crippen molar-refractivity contribution in [2.75, 3.05) is 13.1 Å². The van der Waals surface area contributed by atoms with Crippen molar-refractivity contribution in [1.29, 1.82) is 0 Å². The maximum absolute atomic E-state index is 11.4. The molecule has 0 saturated carbocycles. The van der Waals surface area contributed by atoms with Crippen molar-refractivity contribution < 1.29 is 29.3 Å². The Morgan fingerprint density at radius 1 is 0.590 bits per heavy atom. The molecule has 0 fully saturated rings. The van der Waals surface area contributed by atoms with Crippen LogP contribution in [-0.4, -0.2) is 46.9 Å².